The third kappa shape index (κ3) is 4.75. The Morgan fingerprint density at radius 2 is 1.86 bits per heavy atom. The lowest BCUT2D eigenvalue weighted by Crippen LogP contribution is -2.45. The van der Waals surface area contributed by atoms with Crippen LogP contribution < -0.4 is 10.6 Å². The number of pyridine rings is 1. The molecular formula is C23H31N3O3. The minimum Gasteiger partial charge on any atom is -0.369 e. The van der Waals surface area contributed by atoms with Gasteiger partial charge in [0, 0.05) is 37.7 Å². The molecule has 6 heteroatoms. The van der Waals surface area contributed by atoms with Crippen LogP contribution >= 0.6 is 0 Å². The number of amides is 2. The minimum absolute atomic E-state index is 0.0754. The van der Waals surface area contributed by atoms with E-state index in [1.54, 1.807) is 28.0 Å². The lowest BCUT2D eigenvalue weighted by atomic mass is 9.80. The number of nitrogens with zero attached hydrogens (tertiary/aromatic N) is 1. The Labute approximate surface area is 172 Å². The lowest BCUT2D eigenvalue weighted by molar-refractivity contribution is -0.139. The zero-order valence-corrected chi connectivity index (χ0v) is 17.7. The van der Waals surface area contributed by atoms with Crippen molar-refractivity contribution in [3.63, 3.8) is 0 Å². The molecule has 1 aromatic heterocycles. The van der Waals surface area contributed by atoms with Crippen LogP contribution in [0.1, 0.15) is 61.5 Å². The molecule has 0 unspecified atom stereocenters. The van der Waals surface area contributed by atoms with E-state index in [0.29, 0.717) is 23.9 Å². The fraction of sp³-hybridized carbons (Fsp3) is 0.522. The van der Waals surface area contributed by atoms with Crippen molar-refractivity contribution < 1.29 is 14.3 Å². The summed E-state index contributed by atoms with van der Waals surface area (Å²) in [5.74, 6) is 0.641. The van der Waals surface area contributed by atoms with Gasteiger partial charge in [-0.25, -0.2) is 0 Å². The Morgan fingerprint density at radius 1 is 1.17 bits per heavy atom. The van der Waals surface area contributed by atoms with Crippen LogP contribution in [-0.2, 0) is 9.53 Å². The fourth-order valence-electron chi connectivity index (χ4n) is 3.93. The van der Waals surface area contributed by atoms with E-state index >= 15 is 0 Å². The molecule has 2 N–H and O–H groups in total. The summed E-state index contributed by atoms with van der Waals surface area (Å²) < 4.78 is 5.24. The minimum atomic E-state index is -0.803. The van der Waals surface area contributed by atoms with Crippen molar-refractivity contribution in [2.45, 2.75) is 51.0 Å². The fourth-order valence-corrected chi connectivity index (χ4v) is 3.93. The van der Waals surface area contributed by atoms with Gasteiger partial charge in [0.25, 0.3) is 11.8 Å². The number of carbonyl (C=O) groups is 2. The predicted octanol–water partition coefficient (Wildman–Crippen LogP) is 3.41. The number of rotatable bonds is 6. The van der Waals surface area contributed by atoms with Gasteiger partial charge < -0.3 is 15.4 Å². The zero-order valence-electron chi connectivity index (χ0n) is 17.7. The van der Waals surface area contributed by atoms with Gasteiger partial charge in [0.15, 0.2) is 0 Å². The van der Waals surface area contributed by atoms with Crippen LogP contribution in [0.4, 0.5) is 0 Å². The summed E-state index contributed by atoms with van der Waals surface area (Å²) in [5, 5.41) is 6.64. The highest BCUT2D eigenvalue weighted by Gasteiger charge is 2.29. The molecule has 1 aromatic carbocycles. The van der Waals surface area contributed by atoms with Crippen molar-refractivity contribution in [3.8, 4) is 0 Å². The Kier molecular flexibility index (Phi) is 6.52. The number of hydrogen-bond acceptors (Lipinski definition) is 4. The van der Waals surface area contributed by atoms with Gasteiger partial charge in [0.2, 0.25) is 0 Å². The van der Waals surface area contributed by atoms with Gasteiger partial charge in [0.05, 0.1) is 11.1 Å². The second-order valence-electron chi connectivity index (χ2n) is 8.33. The summed E-state index contributed by atoms with van der Waals surface area (Å²) in [5.41, 5.74) is 1.73. The molecule has 6 nitrogen and oxygen atoms in total. The number of nitrogens with one attached hydrogen (secondary N) is 2. The van der Waals surface area contributed by atoms with E-state index in [4.69, 9.17) is 9.72 Å². The average Bonchev–Trinajstić information content (AvgIpc) is 2.76. The quantitative estimate of drug-likeness (QED) is 0.783. The SMILES string of the molecule is CNC(=O)c1cc(C2CCC(CNC(=O)C(C)(C)OC)CC2)nc2ccccc12. The molecule has 29 heavy (non-hydrogen) atoms. The number of para-hydroxylation sites is 1. The number of methoxy groups -OCH3 is 1. The molecule has 2 aromatic rings. The summed E-state index contributed by atoms with van der Waals surface area (Å²) in [6.45, 7) is 4.22. The second-order valence-corrected chi connectivity index (χ2v) is 8.33. The molecule has 0 saturated heterocycles. The molecule has 1 fully saturated rings. The molecule has 0 bridgehead atoms. The summed E-state index contributed by atoms with van der Waals surface area (Å²) >= 11 is 0. The molecular weight excluding hydrogens is 366 g/mol. The van der Waals surface area contributed by atoms with Gasteiger partial charge >= 0.3 is 0 Å². The first-order valence-electron chi connectivity index (χ1n) is 10.3. The van der Waals surface area contributed by atoms with Gasteiger partial charge in [-0.15, -0.1) is 0 Å². The highest BCUT2D eigenvalue weighted by molar-refractivity contribution is 6.06. The second kappa shape index (κ2) is 8.91. The number of hydrogen-bond donors (Lipinski definition) is 2. The van der Waals surface area contributed by atoms with E-state index in [1.807, 2.05) is 30.3 Å². The van der Waals surface area contributed by atoms with Gasteiger partial charge in [0.1, 0.15) is 5.60 Å². The van der Waals surface area contributed by atoms with Crippen molar-refractivity contribution in [2.24, 2.45) is 5.92 Å². The molecule has 0 atom stereocenters. The third-order valence-corrected chi connectivity index (χ3v) is 6.08. The molecule has 1 aliphatic carbocycles. The largest absolute Gasteiger partial charge is 0.369 e. The van der Waals surface area contributed by atoms with Gasteiger partial charge in [-0.2, -0.15) is 0 Å². The van der Waals surface area contributed by atoms with Crippen LogP contribution in [0, 0.1) is 5.92 Å². The number of fused-ring (bicyclic) bond motifs is 1. The molecule has 1 heterocycles. The number of carbonyl (C=O) groups excluding carboxylic acids is 2. The van der Waals surface area contributed by atoms with E-state index in [2.05, 4.69) is 10.6 Å². The lowest BCUT2D eigenvalue weighted by Gasteiger charge is -2.30. The highest BCUT2D eigenvalue weighted by atomic mass is 16.5. The highest BCUT2D eigenvalue weighted by Crippen LogP contribution is 2.36. The summed E-state index contributed by atoms with van der Waals surface area (Å²) in [4.78, 5) is 29.4. The maximum atomic E-state index is 12.4. The van der Waals surface area contributed by atoms with Gasteiger partial charge in [-0.1, -0.05) is 18.2 Å². The van der Waals surface area contributed by atoms with Crippen LogP contribution in [0.3, 0.4) is 0 Å². The molecule has 0 radical (unpaired) electrons. The summed E-state index contributed by atoms with van der Waals surface area (Å²) in [7, 11) is 3.20. The van der Waals surface area contributed by atoms with Crippen molar-refractivity contribution in [1.29, 1.82) is 0 Å². The van der Waals surface area contributed by atoms with Crippen LogP contribution in [0.25, 0.3) is 10.9 Å². The van der Waals surface area contributed by atoms with Crippen molar-refractivity contribution in [3.05, 3.63) is 41.6 Å². The summed E-state index contributed by atoms with van der Waals surface area (Å²) in [6, 6.07) is 9.74. The number of benzene rings is 1. The van der Waals surface area contributed by atoms with E-state index in [0.717, 1.165) is 42.3 Å². The topological polar surface area (TPSA) is 80.3 Å². The standard InChI is InChI=1S/C23H31N3O3/c1-23(2,29-4)22(28)25-14-15-9-11-16(12-10-15)20-13-18(21(27)24-3)17-7-5-6-8-19(17)26-20/h5-8,13,15-16H,9-12,14H2,1-4H3,(H,24,27)(H,25,28). The Balaban J connectivity index is 1.67. The number of ether oxygens (including phenoxy) is 1. The predicted molar refractivity (Wildman–Crippen MR) is 114 cm³/mol. The third-order valence-electron chi connectivity index (χ3n) is 6.08. The van der Waals surface area contributed by atoms with E-state index in [-0.39, 0.29) is 11.8 Å². The Bertz CT molecular complexity index is 886. The van der Waals surface area contributed by atoms with Crippen molar-refractivity contribution in [1.82, 2.24) is 15.6 Å². The summed E-state index contributed by atoms with van der Waals surface area (Å²) in [6.07, 6.45) is 4.07. The van der Waals surface area contributed by atoms with Crippen LogP contribution in [0.15, 0.2) is 30.3 Å². The number of aromatic nitrogens is 1. The smallest absolute Gasteiger partial charge is 0.251 e. The van der Waals surface area contributed by atoms with Crippen molar-refractivity contribution >= 4 is 22.7 Å². The first-order chi connectivity index (χ1) is 13.9. The van der Waals surface area contributed by atoms with Gasteiger partial charge in [-0.3, -0.25) is 14.6 Å². The van der Waals surface area contributed by atoms with Crippen LogP contribution in [0.2, 0.25) is 0 Å². The first kappa shape index (κ1) is 21.2. The molecule has 1 aliphatic rings. The van der Waals surface area contributed by atoms with E-state index in [1.165, 1.54) is 0 Å². The maximum absolute atomic E-state index is 12.4. The molecule has 0 aliphatic heterocycles. The van der Waals surface area contributed by atoms with Gasteiger partial charge in [-0.05, 0) is 57.6 Å². The molecule has 156 valence electrons. The van der Waals surface area contributed by atoms with Crippen molar-refractivity contribution in [2.75, 3.05) is 20.7 Å². The van der Waals surface area contributed by atoms with E-state index < -0.39 is 5.60 Å². The molecule has 3 rings (SSSR count). The average molecular weight is 398 g/mol. The maximum Gasteiger partial charge on any atom is 0.251 e. The monoisotopic (exact) mass is 397 g/mol. The van der Waals surface area contributed by atoms with Crippen LogP contribution in [0.5, 0.6) is 0 Å². The Hall–Kier alpha value is -2.47. The Morgan fingerprint density at radius 3 is 2.52 bits per heavy atom. The van der Waals surface area contributed by atoms with Crippen LogP contribution in [-0.4, -0.2) is 43.1 Å². The molecule has 0 spiro atoms. The normalized spacial score (nSPS) is 19.7. The first-order valence-corrected chi connectivity index (χ1v) is 10.3. The molecule has 1 saturated carbocycles. The molecule has 2 amide bonds. The van der Waals surface area contributed by atoms with E-state index in [9.17, 15) is 9.59 Å². The zero-order chi connectivity index (χ0) is 21.0.